The van der Waals surface area contributed by atoms with Gasteiger partial charge >= 0.3 is 0 Å². The SMILES string of the molecule is C=C/C=C(\C=C/C)c1cc(C2CCN(Cc3ccc(-c4nc5ncnc(N)c5cc4-c4ccccc4)cc3-c3cccc(-c4cc5c(N)ncnc5nc4-c4ccc(CN5CCC(c6nc7ccc(C)cc7[nH]6)CC5)cc4)c3)CC2)n[nH]1. The summed E-state index contributed by atoms with van der Waals surface area (Å²) in [6, 6.07) is 47.6. The van der Waals surface area contributed by atoms with E-state index in [4.69, 9.17) is 31.5 Å². The molecule has 2 aliphatic heterocycles. The second-order valence-electron chi connectivity index (χ2n) is 21.9. The fraction of sp³-hybridized carbons (Fsp3) is 0.206. The third-order valence-electron chi connectivity index (χ3n) is 16.5. The maximum atomic E-state index is 6.60. The van der Waals surface area contributed by atoms with Crippen LogP contribution in [-0.2, 0) is 13.1 Å². The number of aromatic amines is 2. The number of aryl methyl sites for hydroxylation is 1. The van der Waals surface area contributed by atoms with Crippen LogP contribution in [-0.4, -0.2) is 86.0 Å². The summed E-state index contributed by atoms with van der Waals surface area (Å²) in [6.45, 7) is 13.6. The predicted octanol–water partition coefficient (Wildman–Crippen LogP) is 13.7. The molecule has 2 saturated heterocycles. The second kappa shape index (κ2) is 22.6. The lowest BCUT2D eigenvalue weighted by Gasteiger charge is -2.32. The van der Waals surface area contributed by atoms with Crippen LogP contribution in [0.3, 0.4) is 0 Å². The second-order valence-corrected chi connectivity index (χ2v) is 21.9. The van der Waals surface area contributed by atoms with Gasteiger partial charge in [-0.2, -0.15) is 5.10 Å². The fourth-order valence-corrected chi connectivity index (χ4v) is 12.1. The maximum absolute atomic E-state index is 6.60. The molecule has 0 atom stereocenters. The number of rotatable bonds is 14. The molecule has 406 valence electrons. The van der Waals surface area contributed by atoms with E-state index in [0.717, 1.165) is 155 Å². The van der Waals surface area contributed by atoms with Crippen molar-refractivity contribution in [2.24, 2.45) is 0 Å². The minimum atomic E-state index is 0.353. The number of hydrogen-bond acceptors (Lipinski definition) is 12. The van der Waals surface area contributed by atoms with Crippen molar-refractivity contribution in [2.75, 3.05) is 37.6 Å². The van der Waals surface area contributed by atoms with E-state index in [0.29, 0.717) is 45.5 Å². The van der Waals surface area contributed by atoms with E-state index in [1.165, 1.54) is 29.3 Å². The summed E-state index contributed by atoms with van der Waals surface area (Å²) in [4.78, 5) is 42.1. The number of nitrogens with one attached hydrogen (secondary N) is 2. The molecular formula is C68H64N14. The van der Waals surface area contributed by atoms with Gasteiger partial charge in [0.15, 0.2) is 11.3 Å². The largest absolute Gasteiger partial charge is 0.383 e. The Morgan fingerprint density at radius 3 is 1.94 bits per heavy atom. The molecule has 0 saturated carbocycles. The van der Waals surface area contributed by atoms with Gasteiger partial charge in [-0.05, 0) is 153 Å². The molecule has 0 unspecified atom stereocenters. The zero-order valence-corrected chi connectivity index (χ0v) is 46.2. The molecule has 0 radical (unpaired) electrons. The van der Waals surface area contributed by atoms with Crippen LogP contribution >= 0.6 is 0 Å². The third-order valence-corrected chi connectivity index (χ3v) is 16.5. The van der Waals surface area contributed by atoms with Gasteiger partial charge in [-0.25, -0.2) is 34.9 Å². The standard InChI is InChI=1S/C68H64N14/c1-4-10-45(11-5-2)59-37-60(80-79-59)46-24-28-82(29-25-46)39-52-22-21-51(63-54(44-12-7-6-8-13-44)35-56-64(69)71-41-74-68(56)78-63)34-53(52)49-14-9-15-50(33-49)55-36-57-65(70)72-40-73-67(57)77-62(55)47-19-17-43(18-20-47)38-81-30-26-48(27-31-81)66-75-58-23-16-42(3)32-61(58)76-66/h4-23,32-37,40-41,46,48H,1,24-31,38-39H2,2-3H3,(H,75,76)(H,79,80)(H2,69,71,74,78)(H2,70,72,73,77)/b11-5-,45-10+. The lowest BCUT2D eigenvalue weighted by molar-refractivity contribution is 0.202. The summed E-state index contributed by atoms with van der Waals surface area (Å²) in [5, 5.41) is 9.51. The Kier molecular flexibility index (Phi) is 14.3. The Labute approximate surface area is 476 Å². The molecule has 8 heterocycles. The number of benzene rings is 5. The molecule has 82 heavy (non-hydrogen) atoms. The average Bonchev–Trinajstić information content (AvgIpc) is 4.33. The number of anilines is 2. The molecule has 0 aliphatic carbocycles. The van der Waals surface area contributed by atoms with Crippen molar-refractivity contribution in [3.63, 3.8) is 0 Å². The molecule has 6 aromatic heterocycles. The van der Waals surface area contributed by atoms with Gasteiger partial charge in [-0.15, -0.1) is 0 Å². The predicted molar refractivity (Wildman–Crippen MR) is 331 cm³/mol. The molecule has 2 aliphatic rings. The molecule has 0 amide bonds. The van der Waals surface area contributed by atoms with Gasteiger partial charge in [0.05, 0.1) is 44.6 Å². The minimum absolute atomic E-state index is 0.353. The van der Waals surface area contributed by atoms with Crippen LogP contribution in [0.1, 0.15) is 78.3 Å². The zero-order chi connectivity index (χ0) is 55.7. The average molecular weight is 1080 g/mol. The quantitative estimate of drug-likeness (QED) is 0.0754. The normalized spacial score (nSPS) is 15.1. The van der Waals surface area contributed by atoms with Crippen LogP contribution in [0.2, 0.25) is 0 Å². The highest BCUT2D eigenvalue weighted by Crippen LogP contribution is 2.41. The Hall–Kier alpha value is -9.50. The number of nitrogens with two attached hydrogens (primary N) is 2. The van der Waals surface area contributed by atoms with Gasteiger partial charge in [0, 0.05) is 47.2 Å². The summed E-state index contributed by atoms with van der Waals surface area (Å²) < 4.78 is 0. The van der Waals surface area contributed by atoms with Crippen molar-refractivity contribution in [1.82, 2.24) is 59.9 Å². The van der Waals surface area contributed by atoms with Crippen molar-refractivity contribution in [2.45, 2.75) is 64.5 Å². The molecule has 14 heteroatoms. The molecule has 2 fully saturated rings. The minimum Gasteiger partial charge on any atom is -0.383 e. The number of likely N-dealkylation sites (tertiary alicyclic amines) is 2. The first-order valence-electron chi connectivity index (χ1n) is 28.3. The number of aromatic nitrogens is 10. The first kappa shape index (κ1) is 51.9. The number of pyridine rings is 2. The molecular weight excluding hydrogens is 1010 g/mol. The molecule has 0 spiro atoms. The molecule has 13 rings (SSSR count). The number of piperidine rings is 2. The molecule has 11 aromatic rings. The Morgan fingerprint density at radius 1 is 0.610 bits per heavy atom. The highest BCUT2D eigenvalue weighted by molar-refractivity contribution is 5.97. The summed E-state index contributed by atoms with van der Waals surface area (Å²) in [5.41, 5.74) is 32.8. The number of allylic oxidation sites excluding steroid dienone is 5. The highest BCUT2D eigenvalue weighted by Gasteiger charge is 2.27. The van der Waals surface area contributed by atoms with E-state index in [2.05, 4.69) is 175 Å². The van der Waals surface area contributed by atoms with Crippen molar-refractivity contribution in [1.29, 1.82) is 0 Å². The Balaban J connectivity index is 0.832. The van der Waals surface area contributed by atoms with Gasteiger partial charge in [-0.3, -0.25) is 14.9 Å². The monoisotopic (exact) mass is 1080 g/mol. The van der Waals surface area contributed by atoms with Gasteiger partial charge in [0.2, 0.25) is 0 Å². The van der Waals surface area contributed by atoms with Crippen LogP contribution in [0, 0.1) is 6.92 Å². The smallest absolute Gasteiger partial charge is 0.165 e. The van der Waals surface area contributed by atoms with Gasteiger partial charge in [0.25, 0.3) is 0 Å². The summed E-state index contributed by atoms with van der Waals surface area (Å²) >= 11 is 0. The number of H-pyrrole nitrogens is 2. The van der Waals surface area contributed by atoms with Crippen molar-refractivity contribution < 1.29 is 0 Å². The maximum Gasteiger partial charge on any atom is 0.165 e. The lowest BCUT2D eigenvalue weighted by atomic mass is 9.89. The highest BCUT2D eigenvalue weighted by atomic mass is 15.1. The van der Waals surface area contributed by atoms with Crippen molar-refractivity contribution in [3.05, 3.63) is 211 Å². The van der Waals surface area contributed by atoms with Gasteiger partial charge in [-0.1, -0.05) is 122 Å². The number of imidazole rings is 1. The van der Waals surface area contributed by atoms with E-state index in [1.54, 1.807) is 0 Å². The first-order chi connectivity index (χ1) is 40.2. The molecule has 5 aromatic carbocycles. The lowest BCUT2D eigenvalue weighted by Crippen LogP contribution is -2.32. The van der Waals surface area contributed by atoms with Crippen LogP contribution in [0.15, 0.2) is 177 Å². The van der Waals surface area contributed by atoms with Crippen LogP contribution in [0.25, 0.3) is 94.6 Å². The third kappa shape index (κ3) is 10.6. The number of hydrogen-bond donors (Lipinski definition) is 4. The summed E-state index contributed by atoms with van der Waals surface area (Å²) in [7, 11) is 0. The van der Waals surface area contributed by atoms with Crippen molar-refractivity contribution >= 4 is 50.3 Å². The summed E-state index contributed by atoms with van der Waals surface area (Å²) in [5.74, 6) is 2.66. The zero-order valence-electron chi connectivity index (χ0n) is 46.2. The molecule has 0 bridgehead atoms. The van der Waals surface area contributed by atoms with E-state index in [1.807, 2.05) is 43.4 Å². The number of fused-ring (bicyclic) bond motifs is 3. The van der Waals surface area contributed by atoms with E-state index in [-0.39, 0.29) is 0 Å². The summed E-state index contributed by atoms with van der Waals surface area (Å²) in [6.07, 6.45) is 15.0. The molecule has 14 nitrogen and oxygen atoms in total. The van der Waals surface area contributed by atoms with Gasteiger partial charge in [0.1, 0.15) is 30.1 Å². The van der Waals surface area contributed by atoms with Crippen LogP contribution in [0.5, 0.6) is 0 Å². The van der Waals surface area contributed by atoms with E-state index >= 15 is 0 Å². The van der Waals surface area contributed by atoms with Gasteiger partial charge < -0.3 is 16.5 Å². The number of nitrogen functional groups attached to an aromatic ring is 2. The Bertz CT molecular complexity index is 4220. The topological polar surface area (TPSA) is 193 Å². The van der Waals surface area contributed by atoms with Crippen LogP contribution in [0.4, 0.5) is 11.6 Å². The fourth-order valence-electron chi connectivity index (χ4n) is 12.1. The van der Waals surface area contributed by atoms with Crippen molar-refractivity contribution in [3.8, 4) is 55.9 Å². The Morgan fingerprint density at radius 2 is 1.24 bits per heavy atom. The number of nitrogens with zero attached hydrogens (tertiary/aromatic N) is 10. The molecule has 6 N–H and O–H groups in total. The van der Waals surface area contributed by atoms with E-state index in [9.17, 15) is 0 Å². The van der Waals surface area contributed by atoms with Crippen LogP contribution < -0.4 is 11.5 Å². The first-order valence-corrected chi connectivity index (χ1v) is 28.3. The van der Waals surface area contributed by atoms with E-state index < -0.39 is 0 Å².